The highest BCUT2D eigenvalue weighted by atomic mass is 16.9. The lowest BCUT2D eigenvalue weighted by Gasteiger charge is -2.14. The minimum atomic E-state index is -0.974. The summed E-state index contributed by atoms with van der Waals surface area (Å²) in [5, 5.41) is 1.50. The van der Waals surface area contributed by atoms with Crippen LogP contribution in [0.25, 0.3) is 0 Å². The molecule has 2 aliphatic rings. The van der Waals surface area contributed by atoms with Crippen LogP contribution in [0.4, 0.5) is 0 Å². The van der Waals surface area contributed by atoms with Crippen molar-refractivity contribution in [2.24, 2.45) is 5.73 Å². The van der Waals surface area contributed by atoms with E-state index < -0.39 is 5.85 Å². The van der Waals surface area contributed by atoms with E-state index in [4.69, 9.17) is 15.3 Å². The van der Waals surface area contributed by atoms with Crippen molar-refractivity contribution >= 4 is 6.29 Å². The van der Waals surface area contributed by atoms with Gasteiger partial charge in [-0.05, 0) is 36.4 Å². The Morgan fingerprint density at radius 3 is 2.82 bits per heavy atom. The molecule has 1 saturated heterocycles. The first kappa shape index (κ1) is 10.1. The zero-order valence-corrected chi connectivity index (χ0v) is 8.87. The number of hydrogen-bond acceptors (Lipinski definition) is 5. The lowest BCUT2D eigenvalue weighted by atomic mass is 10.2. The van der Waals surface area contributed by atoms with E-state index in [0.717, 1.165) is 6.29 Å². The molecule has 1 aromatic rings. The van der Waals surface area contributed by atoms with E-state index in [1.54, 1.807) is 42.6 Å². The molecule has 5 heteroatoms. The van der Waals surface area contributed by atoms with Gasteiger partial charge in [0.05, 0.1) is 0 Å². The Hall–Kier alpha value is -2.11. The molecule has 0 aromatic heterocycles. The zero-order chi connectivity index (χ0) is 11.9. The number of hydrogen-bond donors (Lipinski definition) is 1. The topological polar surface area (TPSA) is 67.9 Å². The van der Waals surface area contributed by atoms with Crippen LogP contribution in [0.5, 0.6) is 5.75 Å². The Morgan fingerprint density at radius 2 is 2.12 bits per heavy atom. The van der Waals surface area contributed by atoms with E-state index in [1.165, 1.54) is 5.06 Å². The summed E-state index contributed by atoms with van der Waals surface area (Å²) < 4.78 is 5.61. The predicted molar refractivity (Wildman–Crippen MR) is 59.5 cm³/mol. The molecule has 3 rings (SSSR count). The standard InChI is InChI=1S/C12H10N2O3/c13-12-11(2-1-7-14(12)17-12)16-10-5-3-9(8-15)4-6-10/h1-8H,13H2. The average Bonchev–Trinajstić information content (AvgIpc) is 3.03. The fourth-order valence-corrected chi connectivity index (χ4v) is 1.60. The van der Waals surface area contributed by atoms with Gasteiger partial charge < -0.3 is 4.74 Å². The second-order valence-corrected chi connectivity index (χ2v) is 3.77. The molecule has 1 atom stereocenters. The third kappa shape index (κ3) is 1.61. The van der Waals surface area contributed by atoms with Gasteiger partial charge in [-0.15, -0.1) is 0 Å². The second kappa shape index (κ2) is 3.44. The van der Waals surface area contributed by atoms with Gasteiger partial charge in [0.15, 0.2) is 5.76 Å². The summed E-state index contributed by atoms with van der Waals surface area (Å²) in [6, 6.07) is 6.77. The van der Waals surface area contributed by atoms with Crippen LogP contribution < -0.4 is 10.5 Å². The quantitative estimate of drug-likeness (QED) is 0.623. The van der Waals surface area contributed by atoms with Crippen molar-refractivity contribution in [3.8, 4) is 5.75 Å². The summed E-state index contributed by atoms with van der Waals surface area (Å²) in [4.78, 5) is 15.7. The molecule has 2 N–H and O–H groups in total. The Morgan fingerprint density at radius 1 is 1.35 bits per heavy atom. The van der Waals surface area contributed by atoms with E-state index in [0.29, 0.717) is 17.1 Å². The molecular weight excluding hydrogens is 220 g/mol. The third-order valence-electron chi connectivity index (χ3n) is 2.60. The maximum absolute atomic E-state index is 10.5. The van der Waals surface area contributed by atoms with Gasteiger partial charge in [-0.25, -0.2) is 9.90 Å². The first-order valence-corrected chi connectivity index (χ1v) is 5.12. The molecule has 1 aromatic carbocycles. The highest BCUT2D eigenvalue weighted by Gasteiger charge is 2.56. The lowest BCUT2D eigenvalue weighted by molar-refractivity contribution is 0.112. The second-order valence-electron chi connectivity index (χ2n) is 3.77. The van der Waals surface area contributed by atoms with E-state index >= 15 is 0 Å². The van der Waals surface area contributed by atoms with E-state index in [9.17, 15) is 4.79 Å². The van der Waals surface area contributed by atoms with Crippen molar-refractivity contribution in [2.45, 2.75) is 5.85 Å². The van der Waals surface area contributed by atoms with Crippen molar-refractivity contribution in [1.29, 1.82) is 0 Å². The number of nitrogens with zero attached hydrogens (tertiary/aromatic N) is 1. The maximum atomic E-state index is 10.5. The summed E-state index contributed by atoms with van der Waals surface area (Å²) >= 11 is 0. The van der Waals surface area contributed by atoms with Crippen LogP contribution in [-0.4, -0.2) is 17.2 Å². The maximum Gasteiger partial charge on any atom is 0.301 e. The van der Waals surface area contributed by atoms with E-state index in [1.807, 2.05) is 0 Å². The van der Waals surface area contributed by atoms with Crippen LogP contribution in [0.1, 0.15) is 10.4 Å². The van der Waals surface area contributed by atoms with Crippen LogP contribution in [0.2, 0.25) is 0 Å². The molecule has 5 nitrogen and oxygen atoms in total. The molecule has 0 bridgehead atoms. The monoisotopic (exact) mass is 230 g/mol. The van der Waals surface area contributed by atoms with Gasteiger partial charge in [0.25, 0.3) is 0 Å². The van der Waals surface area contributed by atoms with Gasteiger partial charge in [0.1, 0.15) is 12.0 Å². The molecule has 1 unspecified atom stereocenters. The average molecular weight is 230 g/mol. The molecule has 0 aliphatic carbocycles. The summed E-state index contributed by atoms with van der Waals surface area (Å²) in [5.74, 6) is 0.147. The number of allylic oxidation sites excluding steroid dienone is 2. The van der Waals surface area contributed by atoms with Crippen molar-refractivity contribution in [3.05, 3.63) is 53.9 Å². The molecular formula is C12H10N2O3. The Labute approximate surface area is 97.7 Å². The summed E-state index contributed by atoms with van der Waals surface area (Å²) in [6.07, 6.45) is 6.04. The molecule has 0 amide bonds. The SMILES string of the molecule is NC12ON1C=CC=C2Oc1ccc(C=O)cc1. The molecule has 2 heterocycles. The van der Waals surface area contributed by atoms with Gasteiger partial charge in [0, 0.05) is 11.8 Å². The molecule has 0 radical (unpaired) electrons. The fourth-order valence-electron chi connectivity index (χ4n) is 1.60. The van der Waals surface area contributed by atoms with Gasteiger partial charge in [-0.3, -0.25) is 10.5 Å². The Balaban J connectivity index is 1.80. The predicted octanol–water partition coefficient (Wildman–Crippen LogP) is 1.15. The van der Waals surface area contributed by atoms with Gasteiger partial charge >= 0.3 is 5.85 Å². The largest absolute Gasteiger partial charge is 0.455 e. The number of nitrogens with two attached hydrogens (primary N) is 1. The highest BCUT2D eigenvalue weighted by Crippen LogP contribution is 2.39. The van der Waals surface area contributed by atoms with Crippen LogP contribution in [0, 0.1) is 0 Å². The summed E-state index contributed by atoms with van der Waals surface area (Å²) in [5.41, 5.74) is 6.50. The smallest absolute Gasteiger partial charge is 0.301 e. The van der Waals surface area contributed by atoms with Crippen LogP contribution in [0.15, 0.2) is 48.4 Å². The molecule has 0 saturated carbocycles. The van der Waals surface area contributed by atoms with Crippen LogP contribution >= 0.6 is 0 Å². The van der Waals surface area contributed by atoms with Gasteiger partial charge in [0.2, 0.25) is 0 Å². The van der Waals surface area contributed by atoms with Crippen LogP contribution in [-0.2, 0) is 4.84 Å². The number of hydroxylamine groups is 2. The number of aldehydes is 1. The molecule has 2 aliphatic heterocycles. The molecule has 0 spiro atoms. The van der Waals surface area contributed by atoms with E-state index in [-0.39, 0.29) is 0 Å². The van der Waals surface area contributed by atoms with Crippen molar-refractivity contribution in [3.63, 3.8) is 0 Å². The normalized spacial score (nSPS) is 25.0. The summed E-state index contributed by atoms with van der Waals surface area (Å²) in [6.45, 7) is 0. The van der Waals surface area contributed by atoms with Crippen molar-refractivity contribution < 1.29 is 14.4 Å². The minimum Gasteiger partial charge on any atom is -0.455 e. The number of carbonyl (C=O) groups is 1. The number of rotatable bonds is 3. The minimum absolute atomic E-state index is 0.513. The van der Waals surface area contributed by atoms with Crippen molar-refractivity contribution in [1.82, 2.24) is 5.06 Å². The fraction of sp³-hybridized carbons (Fsp3) is 0.0833. The lowest BCUT2D eigenvalue weighted by Crippen LogP contribution is -2.34. The van der Waals surface area contributed by atoms with Crippen LogP contribution in [0.3, 0.4) is 0 Å². The summed E-state index contributed by atoms with van der Waals surface area (Å²) in [7, 11) is 0. The molecule has 17 heavy (non-hydrogen) atoms. The first-order chi connectivity index (χ1) is 8.22. The van der Waals surface area contributed by atoms with E-state index in [2.05, 4.69) is 0 Å². The number of benzene rings is 1. The molecule has 86 valence electrons. The van der Waals surface area contributed by atoms with Gasteiger partial charge in [-0.2, -0.15) is 0 Å². The Kier molecular flexibility index (Phi) is 2.04. The highest BCUT2D eigenvalue weighted by molar-refractivity contribution is 5.74. The Bertz CT molecular complexity index is 521. The molecule has 1 fully saturated rings. The zero-order valence-electron chi connectivity index (χ0n) is 8.87. The first-order valence-electron chi connectivity index (χ1n) is 5.12. The number of ether oxygens (including phenoxy) is 1. The van der Waals surface area contributed by atoms with Gasteiger partial charge in [-0.1, -0.05) is 0 Å². The van der Waals surface area contributed by atoms with Crippen molar-refractivity contribution in [2.75, 3.05) is 0 Å². The number of fused-ring (bicyclic) bond motifs is 1. The third-order valence-corrected chi connectivity index (χ3v) is 2.60. The number of carbonyl (C=O) groups excluding carboxylic acids is 1.